The Hall–Kier alpha value is -0.820. The van der Waals surface area contributed by atoms with E-state index >= 15 is 0 Å². The minimum absolute atomic E-state index is 0.644. The van der Waals surface area contributed by atoms with Crippen molar-refractivity contribution < 1.29 is 0 Å². The van der Waals surface area contributed by atoms with Crippen molar-refractivity contribution in [1.82, 2.24) is 5.32 Å². The predicted octanol–water partition coefficient (Wildman–Crippen LogP) is 3.28. The van der Waals surface area contributed by atoms with Gasteiger partial charge in [0.15, 0.2) is 0 Å². The third-order valence-corrected chi connectivity index (χ3v) is 3.60. The van der Waals surface area contributed by atoms with Gasteiger partial charge in [-0.15, -0.1) is 0 Å². The van der Waals surface area contributed by atoms with Crippen LogP contribution in [0.1, 0.15) is 49.7 Å². The highest BCUT2D eigenvalue weighted by atomic mass is 14.9. The van der Waals surface area contributed by atoms with Crippen LogP contribution in [0.2, 0.25) is 0 Å². The van der Waals surface area contributed by atoms with Crippen LogP contribution in [0.25, 0.3) is 0 Å². The predicted molar refractivity (Wildman–Crippen MR) is 65.4 cm³/mol. The summed E-state index contributed by atoms with van der Waals surface area (Å²) in [5, 5.41) is 3.34. The summed E-state index contributed by atoms with van der Waals surface area (Å²) in [6.45, 7) is 4.52. The zero-order chi connectivity index (χ0) is 10.8. The van der Waals surface area contributed by atoms with Gasteiger partial charge in [-0.2, -0.15) is 0 Å². The molecule has 1 heteroatoms. The molecular weight excluding hydrogens is 182 g/mol. The van der Waals surface area contributed by atoms with Crippen molar-refractivity contribution in [3.8, 4) is 0 Å². The van der Waals surface area contributed by atoms with Gasteiger partial charge in [0.1, 0.15) is 0 Å². The Labute approximate surface area is 92.9 Å². The molecule has 1 N–H and O–H groups in total. The topological polar surface area (TPSA) is 12.0 Å². The molecule has 0 aromatic heterocycles. The Morgan fingerprint density at radius 3 is 2.60 bits per heavy atom. The lowest BCUT2D eigenvalue weighted by Gasteiger charge is -2.35. The zero-order valence-corrected chi connectivity index (χ0v) is 9.96. The lowest BCUT2D eigenvalue weighted by atomic mass is 9.75. The minimum Gasteiger partial charge on any atom is -0.317 e. The van der Waals surface area contributed by atoms with Gasteiger partial charge in [0.2, 0.25) is 0 Å². The van der Waals surface area contributed by atoms with Crippen molar-refractivity contribution in [1.29, 1.82) is 0 Å². The lowest BCUT2D eigenvalue weighted by Crippen LogP contribution is -2.37. The Bertz CT molecular complexity index is 324. The normalized spacial score (nSPS) is 25.3. The average molecular weight is 203 g/mol. The minimum atomic E-state index is 0.644. The molecular formula is C14H21N. The molecule has 0 amide bonds. The van der Waals surface area contributed by atoms with Crippen LogP contribution in [-0.4, -0.2) is 13.1 Å². The summed E-state index contributed by atoms with van der Waals surface area (Å²) < 4.78 is 0. The van der Waals surface area contributed by atoms with E-state index in [2.05, 4.69) is 50.5 Å². The fourth-order valence-corrected chi connectivity index (χ4v) is 2.30. The number of benzene rings is 1. The van der Waals surface area contributed by atoms with Crippen LogP contribution in [0.4, 0.5) is 0 Å². The monoisotopic (exact) mass is 203 g/mol. The van der Waals surface area contributed by atoms with E-state index in [1.807, 2.05) is 0 Å². The molecule has 1 fully saturated rings. The van der Waals surface area contributed by atoms with Crippen molar-refractivity contribution >= 4 is 0 Å². The Morgan fingerprint density at radius 1 is 1.27 bits per heavy atom. The molecule has 2 rings (SSSR count). The summed E-state index contributed by atoms with van der Waals surface area (Å²) in [6.07, 6.45) is 2.61. The van der Waals surface area contributed by atoms with Crippen molar-refractivity contribution in [2.45, 2.75) is 44.6 Å². The molecule has 0 atom stereocenters. The van der Waals surface area contributed by atoms with E-state index in [0.29, 0.717) is 5.92 Å². The van der Waals surface area contributed by atoms with Gasteiger partial charge in [0.25, 0.3) is 0 Å². The fraction of sp³-hybridized carbons (Fsp3) is 0.571. The summed E-state index contributed by atoms with van der Waals surface area (Å²) in [4.78, 5) is 0. The summed E-state index contributed by atoms with van der Waals surface area (Å²) >= 11 is 0. The quantitative estimate of drug-likeness (QED) is 0.795. The van der Waals surface area contributed by atoms with Crippen molar-refractivity contribution in [3.05, 3.63) is 35.4 Å². The Balaban J connectivity index is 2.06. The van der Waals surface area contributed by atoms with Gasteiger partial charge in [-0.05, 0) is 42.9 Å². The van der Waals surface area contributed by atoms with Gasteiger partial charge in [0, 0.05) is 6.04 Å². The molecule has 1 nitrogen and oxygen atoms in total. The standard InChI is InChI=1S/C14H21N/c1-10(2)11-5-4-6-12(7-11)13-8-14(9-13)15-3/h4-7,10,13-15H,8-9H2,1-3H3. The molecule has 0 aliphatic heterocycles. The summed E-state index contributed by atoms with van der Waals surface area (Å²) in [7, 11) is 2.06. The molecule has 0 saturated heterocycles. The van der Waals surface area contributed by atoms with Crippen molar-refractivity contribution in [2.75, 3.05) is 7.05 Å². The molecule has 0 heterocycles. The van der Waals surface area contributed by atoms with Crippen molar-refractivity contribution in [2.24, 2.45) is 0 Å². The van der Waals surface area contributed by atoms with Crippen LogP contribution < -0.4 is 5.32 Å². The van der Waals surface area contributed by atoms with Crippen LogP contribution in [0.3, 0.4) is 0 Å². The average Bonchev–Trinajstić information content (AvgIpc) is 2.16. The van der Waals surface area contributed by atoms with Crippen LogP contribution in [0.5, 0.6) is 0 Å². The molecule has 0 unspecified atom stereocenters. The maximum absolute atomic E-state index is 3.34. The maximum atomic E-state index is 3.34. The van der Waals surface area contributed by atoms with E-state index in [1.54, 1.807) is 0 Å². The van der Waals surface area contributed by atoms with Gasteiger partial charge in [-0.1, -0.05) is 38.1 Å². The van der Waals surface area contributed by atoms with Crippen LogP contribution in [0, 0.1) is 0 Å². The second kappa shape index (κ2) is 4.36. The molecule has 0 spiro atoms. The highest BCUT2D eigenvalue weighted by molar-refractivity contribution is 5.30. The molecule has 1 aliphatic rings. The van der Waals surface area contributed by atoms with E-state index in [0.717, 1.165) is 12.0 Å². The highest BCUT2D eigenvalue weighted by Crippen LogP contribution is 2.37. The SMILES string of the molecule is CNC1CC(c2cccc(C(C)C)c2)C1. The van der Waals surface area contributed by atoms with Gasteiger partial charge in [0.05, 0.1) is 0 Å². The number of nitrogens with one attached hydrogen (secondary N) is 1. The first-order valence-corrected chi connectivity index (χ1v) is 5.98. The number of hydrogen-bond donors (Lipinski definition) is 1. The van der Waals surface area contributed by atoms with Gasteiger partial charge < -0.3 is 5.32 Å². The number of hydrogen-bond acceptors (Lipinski definition) is 1. The maximum Gasteiger partial charge on any atom is 0.00757 e. The first-order chi connectivity index (χ1) is 7.20. The molecule has 82 valence electrons. The molecule has 1 saturated carbocycles. The van der Waals surface area contributed by atoms with E-state index in [4.69, 9.17) is 0 Å². The second-order valence-electron chi connectivity index (χ2n) is 4.98. The first-order valence-electron chi connectivity index (χ1n) is 5.98. The molecule has 15 heavy (non-hydrogen) atoms. The largest absolute Gasteiger partial charge is 0.317 e. The van der Waals surface area contributed by atoms with E-state index in [-0.39, 0.29) is 0 Å². The number of rotatable bonds is 3. The molecule has 1 aromatic carbocycles. The van der Waals surface area contributed by atoms with E-state index in [9.17, 15) is 0 Å². The second-order valence-corrected chi connectivity index (χ2v) is 4.98. The van der Waals surface area contributed by atoms with Gasteiger partial charge >= 0.3 is 0 Å². The third-order valence-electron chi connectivity index (χ3n) is 3.60. The highest BCUT2D eigenvalue weighted by Gasteiger charge is 2.28. The summed E-state index contributed by atoms with van der Waals surface area (Å²) in [5.74, 6) is 1.44. The van der Waals surface area contributed by atoms with Crippen molar-refractivity contribution in [3.63, 3.8) is 0 Å². The Kier molecular flexibility index (Phi) is 3.11. The van der Waals surface area contributed by atoms with E-state index < -0.39 is 0 Å². The molecule has 0 radical (unpaired) electrons. The smallest absolute Gasteiger partial charge is 0.00757 e. The van der Waals surface area contributed by atoms with Crippen LogP contribution >= 0.6 is 0 Å². The van der Waals surface area contributed by atoms with Gasteiger partial charge in [-0.25, -0.2) is 0 Å². The van der Waals surface area contributed by atoms with Gasteiger partial charge in [-0.3, -0.25) is 0 Å². The third kappa shape index (κ3) is 2.23. The zero-order valence-electron chi connectivity index (χ0n) is 9.96. The summed E-state index contributed by atoms with van der Waals surface area (Å²) in [5.41, 5.74) is 3.01. The fourth-order valence-electron chi connectivity index (χ4n) is 2.30. The lowest BCUT2D eigenvalue weighted by molar-refractivity contribution is 0.307. The molecule has 1 aliphatic carbocycles. The molecule has 1 aromatic rings. The molecule has 0 bridgehead atoms. The first kappa shape index (κ1) is 10.7. The Morgan fingerprint density at radius 2 is 2.00 bits per heavy atom. The van der Waals surface area contributed by atoms with E-state index in [1.165, 1.54) is 24.0 Å². The van der Waals surface area contributed by atoms with Crippen LogP contribution in [-0.2, 0) is 0 Å². The summed E-state index contributed by atoms with van der Waals surface area (Å²) in [6, 6.07) is 9.86. The van der Waals surface area contributed by atoms with Crippen LogP contribution in [0.15, 0.2) is 24.3 Å².